The van der Waals surface area contributed by atoms with E-state index in [1.54, 1.807) is 12.1 Å². The number of benzene rings is 2. The molecule has 1 saturated heterocycles. The maximum atomic E-state index is 13.2. The molecule has 0 unspecified atom stereocenters. The molecule has 1 fully saturated rings. The zero-order chi connectivity index (χ0) is 27.0. The lowest BCUT2D eigenvalue weighted by Gasteiger charge is -2.33. The second-order valence-corrected chi connectivity index (χ2v) is 11.3. The lowest BCUT2D eigenvalue weighted by molar-refractivity contribution is -0.153. The smallest absolute Gasteiger partial charge is 0.288 e. The van der Waals surface area contributed by atoms with E-state index < -0.39 is 16.3 Å². The van der Waals surface area contributed by atoms with Crippen molar-refractivity contribution in [1.29, 1.82) is 0 Å². The average molecular weight is 545 g/mol. The van der Waals surface area contributed by atoms with Crippen molar-refractivity contribution in [1.82, 2.24) is 9.21 Å². The number of hydrogen-bond acceptors (Lipinski definition) is 7. The summed E-state index contributed by atoms with van der Waals surface area (Å²) < 4.78 is 44.7. The Kier molecular flexibility index (Phi) is 9.79. The Morgan fingerprint density at radius 1 is 1.05 bits per heavy atom. The summed E-state index contributed by atoms with van der Waals surface area (Å²) in [6.07, 6.45) is 4.72. The molecule has 0 bridgehead atoms. The van der Waals surface area contributed by atoms with Gasteiger partial charge in [0.1, 0.15) is 5.75 Å². The number of ether oxygens (including phenoxy) is 3. The number of hydrogen-bond donors (Lipinski definition) is 1. The summed E-state index contributed by atoms with van der Waals surface area (Å²) in [5, 5.41) is 9.52. The van der Waals surface area contributed by atoms with Gasteiger partial charge in [0.2, 0.25) is 16.3 Å². The van der Waals surface area contributed by atoms with E-state index in [1.165, 1.54) is 23.5 Å². The Balaban J connectivity index is 1.44. The van der Waals surface area contributed by atoms with Crippen molar-refractivity contribution in [3.05, 3.63) is 72.0 Å². The predicted molar refractivity (Wildman–Crippen MR) is 142 cm³/mol. The first-order valence-corrected chi connectivity index (χ1v) is 14.5. The van der Waals surface area contributed by atoms with Crippen LogP contribution in [0.2, 0.25) is 0 Å². The highest BCUT2D eigenvalue weighted by Crippen LogP contribution is 2.32. The number of piperidine rings is 1. The first-order chi connectivity index (χ1) is 18.4. The average Bonchev–Trinajstić information content (AvgIpc) is 2.97. The highest BCUT2D eigenvalue weighted by atomic mass is 32.2. The third kappa shape index (κ3) is 6.93. The summed E-state index contributed by atoms with van der Waals surface area (Å²) in [6.45, 7) is 1.06. The van der Waals surface area contributed by atoms with E-state index >= 15 is 0 Å². The number of sulfonamides is 1. The van der Waals surface area contributed by atoms with Crippen LogP contribution >= 0.6 is 0 Å². The molecular weight excluding hydrogens is 508 g/mol. The molecule has 2 aliphatic heterocycles. The van der Waals surface area contributed by atoms with Gasteiger partial charge in [-0.15, -0.1) is 0 Å². The highest BCUT2D eigenvalue weighted by Gasteiger charge is 2.32. The quantitative estimate of drug-likeness (QED) is 0.463. The summed E-state index contributed by atoms with van der Waals surface area (Å²) in [5.41, 5.74) is 1.05. The van der Waals surface area contributed by atoms with Gasteiger partial charge in [-0.1, -0.05) is 30.3 Å². The maximum Gasteiger partial charge on any atom is 0.288 e. The molecule has 38 heavy (non-hydrogen) atoms. The Morgan fingerprint density at radius 3 is 2.42 bits per heavy atom. The van der Waals surface area contributed by atoms with Crippen LogP contribution in [0.25, 0.3) is 0 Å². The molecule has 2 aromatic rings. The minimum absolute atomic E-state index is 0.0178. The van der Waals surface area contributed by atoms with Gasteiger partial charge < -0.3 is 24.2 Å². The van der Waals surface area contributed by atoms with E-state index in [2.05, 4.69) is 0 Å². The van der Waals surface area contributed by atoms with Crippen LogP contribution < -0.4 is 4.74 Å². The van der Waals surface area contributed by atoms with Gasteiger partial charge in [-0.3, -0.25) is 4.79 Å². The van der Waals surface area contributed by atoms with Crippen molar-refractivity contribution in [3.63, 3.8) is 0 Å². The van der Waals surface area contributed by atoms with E-state index in [0.29, 0.717) is 25.3 Å². The summed E-state index contributed by atoms with van der Waals surface area (Å²) in [4.78, 5) is 15.2. The fraction of sp³-hybridized carbons (Fsp3) is 0.464. The molecule has 206 valence electrons. The number of methoxy groups -OCH3 is 1. The molecule has 0 saturated carbocycles. The molecule has 2 aromatic carbocycles. The number of aliphatic hydroxyl groups excluding tert-OH is 1. The zero-order valence-corrected chi connectivity index (χ0v) is 22.5. The fourth-order valence-electron chi connectivity index (χ4n) is 4.74. The van der Waals surface area contributed by atoms with Gasteiger partial charge in [-0.25, -0.2) is 8.42 Å². The van der Waals surface area contributed by atoms with Crippen molar-refractivity contribution in [2.45, 2.75) is 42.8 Å². The van der Waals surface area contributed by atoms with Gasteiger partial charge in [0.05, 0.1) is 25.2 Å². The van der Waals surface area contributed by atoms with E-state index in [4.69, 9.17) is 14.2 Å². The molecular formula is C28H36N2O7S. The third-order valence-electron chi connectivity index (χ3n) is 6.83. The molecule has 2 atom stereocenters. The number of allylic oxidation sites excluding steroid dienone is 1. The van der Waals surface area contributed by atoms with Crippen LogP contribution in [0.3, 0.4) is 0 Å². The fourth-order valence-corrected chi connectivity index (χ4v) is 6.16. The van der Waals surface area contributed by atoms with Gasteiger partial charge in [0, 0.05) is 38.5 Å². The number of likely N-dealkylation sites (tertiary alicyclic amines) is 1. The number of amides is 1. The molecule has 10 heteroatoms. The van der Waals surface area contributed by atoms with Crippen LogP contribution in [-0.2, 0) is 24.3 Å². The van der Waals surface area contributed by atoms with Crippen molar-refractivity contribution in [2.24, 2.45) is 0 Å². The Hall–Kier alpha value is -2.92. The zero-order valence-electron chi connectivity index (χ0n) is 21.7. The third-order valence-corrected chi connectivity index (χ3v) is 8.74. The number of carbonyl (C=O) groups excluding carboxylic acids is 1. The second kappa shape index (κ2) is 13.2. The van der Waals surface area contributed by atoms with Crippen LogP contribution in [0.15, 0.2) is 71.3 Å². The lowest BCUT2D eigenvalue weighted by atomic mass is 9.93. The summed E-state index contributed by atoms with van der Waals surface area (Å²) in [6, 6.07) is 16.0. The van der Waals surface area contributed by atoms with Crippen LogP contribution in [0, 0.1) is 0 Å². The van der Waals surface area contributed by atoms with E-state index in [0.717, 1.165) is 24.8 Å². The Labute approximate surface area is 224 Å². The van der Waals surface area contributed by atoms with Crippen molar-refractivity contribution >= 4 is 15.9 Å². The summed E-state index contributed by atoms with van der Waals surface area (Å²) >= 11 is 0. The van der Waals surface area contributed by atoms with Crippen molar-refractivity contribution < 1.29 is 32.5 Å². The SMILES string of the molecule is COc1ccc(S(=O)(=O)N(CCO)CCO[C@@H]2C[C@H](c3ccccc3)C=C(C(=O)N3CCCCC3)O2)cc1. The normalized spacial score (nSPS) is 20.1. The van der Waals surface area contributed by atoms with Gasteiger partial charge in [-0.2, -0.15) is 4.31 Å². The van der Waals surface area contributed by atoms with Gasteiger partial charge >= 0.3 is 0 Å². The van der Waals surface area contributed by atoms with Crippen LogP contribution in [0.4, 0.5) is 0 Å². The molecule has 2 aliphatic rings. The molecule has 0 aromatic heterocycles. The highest BCUT2D eigenvalue weighted by molar-refractivity contribution is 7.89. The minimum atomic E-state index is -3.86. The Bertz CT molecular complexity index is 1180. The van der Waals surface area contributed by atoms with E-state index in [9.17, 15) is 18.3 Å². The molecule has 4 rings (SSSR count). The number of aliphatic hydroxyl groups is 1. The van der Waals surface area contributed by atoms with Gasteiger partial charge in [0.25, 0.3) is 5.91 Å². The van der Waals surface area contributed by atoms with Crippen molar-refractivity contribution in [2.75, 3.05) is 46.5 Å². The molecule has 1 amide bonds. The van der Waals surface area contributed by atoms with Crippen LogP contribution in [0.5, 0.6) is 5.75 Å². The summed E-state index contributed by atoms with van der Waals surface area (Å²) in [5.74, 6) is 0.611. The summed E-state index contributed by atoms with van der Waals surface area (Å²) in [7, 11) is -2.35. The monoisotopic (exact) mass is 544 g/mol. The van der Waals surface area contributed by atoms with E-state index in [1.807, 2.05) is 41.3 Å². The standard InChI is InChI=1S/C28H36N2O7S/c1-35-24-10-12-25(13-11-24)38(33,34)30(16-18-31)17-19-36-27-21-23(22-8-4-2-5-9-22)20-26(37-27)28(32)29-14-6-3-7-15-29/h2,4-5,8-13,20,23,27,31H,3,6-7,14-19,21H2,1H3/t23-,27+/m1/s1. The van der Waals surface area contributed by atoms with Crippen LogP contribution in [0.1, 0.15) is 37.2 Å². The lowest BCUT2D eigenvalue weighted by Crippen LogP contribution is -2.40. The molecule has 0 aliphatic carbocycles. The minimum Gasteiger partial charge on any atom is -0.497 e. The molecule has 0 spiro atoms. The largest absolute Gasteiger partial charge is 0.497 e. The second-order valence-electron chi connectivity index (χ2n) is 9.36. The van der Waals surface area contributed by atoms with Crippen molar-refractivity contribution in [3.8, 4) is 5.75 Å². The number of nitrogens with zero attached hydrogens (tertiary/aromatic N) is 2. The first-order valence-electron chi connectivity index (χ1n) is 13.0. The first kappa shape index (κ1) is 28.1. The molecule has 0 radical (unpaired) electrons. The van der Waals surface area contributed by atoms with Gasteiger partial charge in [-0.05, 0) is 55.2 Å². The molecule has 2 heterocycles. The topological polar surface area (TPSA) is 106 Å². The number of rotatable bonds is 11. The van der Waals surface area contributed by atoms with Crippen LogP contribution in [-0.4, -0.2) is 81.4 Å². The maximum absolute atomic E-state index is 13.2. The Morgan fingerprint density at radius 2 is 1.76 bits per heavy atom. The number of carbonyl (C=O) groups is 1. The molecule has 9 nitrogen and oxygen atoms in total. The van der Waals surface area contributed by atoms with E-state index in [-0.39, 0.29) is 48.8 Å². The predicted octanol–water partition coefficient (Wildman–Crippen LogP) is 3.12. The van der Waals surface area contributed by atoms with Gasteiger partial charge in [0.15, 0.2) is 5.76 Å². The molecule has 1 N–H and O–H groups in total.